The molecule has 0 spiro atoms. The second-order valence-electron chi connectivity index (χ2n) is 5.80. The molecule has 0 aliphatic heterocycles. The van der Waals surface area contributed by atoms with Crippen LogP contribution >= 0.6 is 0 Å². The second-order valence-corrected chi connectivity index (χ2v) is 5.80. The molecule has 1 amide bonds. The highest BCUT2D eigenvalue weighted by Crippen LogP contribution is 2.14. The van der Waals surface area contributed by atoms with Gasteiger partial charge in [0.25, 0.3) is 5.91 Å². The number of hydrogen-bond donors (Lipinski definition) is 2. The summed E-state index contributed by atoms with van der Waals surface area (Å²) in [6.45, 7) is 1.99. The van der Waals surface area contributed by atoms with Gasteiger partial charge in [-0.05, 0) is 36.8 Å². The van der Waals surface area contributed by atoms with Gasteiger partial charge >= 0.3 is 0 Å². The van der Waals surface area contributed by atoms with E-state index in [2.05, 4.69) is 15.3 Å². The summed E-state index contributed by atoms with van der Waals surface area (Å²) < 4.78 is 4.81. The molecule has 0 radical (unpaired) electrons. The molecule has 3 aromatic rings. The van der Waals surface area contributed by atoms with Crippen LogP contribution in [0.15, 0.2) is 47.4 Å². The summed E-state index contributed by atoms with van der Waals surface area (Å²) in [6, 6.07) is 11.5. The van der Waals surface area contributed by atoms with E-state index < -0.39 is 5.91 Å². The number of fused-ring (bicyclic) bond motifs is 1. The molecule has 2 aromatic heterocycles. The number of benzene rings is 1. The van der Waals surface area contributed by atoms with Crippen molar-refractivity contribution in [1.29, 1.82) is 0 Å². The van der Waals surface area contributed by atoms with Gasteiger partial charge in [-0.15, -0.1) is 0 Å². The summed E-state index contributed by atoms with van der Waals surface area (Å²) in [6.07, 6.45) is 2.05. The normalized spacial score (nSPS) is 10.8. The Balaban J connectivity index is 1.97. The Labute approximate surface area is 144 Å². The summed E-state index contributed by atoms with van der Waals surface area (Å²) in [7, 11) is 1.47. The van der Waals surface area contributed by atoms with Crippen molar-refractivity contribution >= 4 is 16.8 Å². The molecule has 2 heterocycles. The van der Waals surface area contributed by atoms with Crippen molar-refractivity contribution in [3.05, 3.63) is 75.3 Å². The third-order valence-electron chi connectivity index (χ3n) is 3.90. The maximum absolute atomic E-state index is 12.7. The lowest BCUT2D eigenvalue weighted by molar-refractivity contribution is 0.0871. The number of hydrogen-bond acceptors (Lipinski definition) is 4. The van der Waals surface area contributed by atoms with E-state index in [4.69, 9.17) is 4.74 Å². The van der Waals surface area contributed by atoms with Crippen molar-refractivity contribution < 1.29 is 9.53 Å². The first-order chi connectivity index (χ1) is 12.1. The lowest BCUT2D eigenvalue weighted by atomic mass is 10.0. The molecular formula is C19H19N3O3. The summed E-state index contributed by atoms with van der Waals surface area (Å²) in [5.41, 5.74) is 3.30. The number of methoxy groups -OCH3 is 1. The number of nitrogens with one attached hydrogen (secondary N) is 2. The van der Waals surface area contributed by atoms with Crippen LogP contribution in [-0.2, 0) is 11.2 Å². The highest BCUT2D eigenvalue weighted by Gasteiger charge is 2.13. The monoisotopic (exact) mass is 337 g/mol. The van der Waals surface area contributed by atoms with Crippen LogP contribution in [0.25, 0.3) is 10.9 Å². The highest BCUT2D eigenvalue weighted by molar-refractivity contribution is 5.97. The van der Waals surface area contributed by atoms with Crippen molar-refractivity contribution in [3.8, 4) is 0 Å². The Morgan fingerprint density at radius 3 is 2.88 bits per heavy atom. The number of pyridine rings is 2. The maximum Gasteiger partial charge on any atom is 0.258 e. The van der Waals surface area contributed by atoms with Crippen molar-refractivity contribution in [2.24, 2.45) is 0 Å². The third-order valence-corrected chi connectivity index (χ3v) is 3.90. The summed E-state index contributed by atoms with van der Waals surface area (Å²) >= 11 is 0. The number of aromatic amines is 1. The fourth-order valence-electron chi connectivity index (χ4n) is 2.68. The highest BCUT2D eigenvalue weighted by atomic mass is 16.5. The molecule has 0 aliphatic rings. The average Bonchev–Trinajstić information content (AvgIpc) is 2.60. The second kappa shape index (κ2) is 7.27. The minimum Gasteiger partial charge on any atom is -0.364 e. The van der Waals surface area contributed by atoms with Crippen LogP contribution in [0.3, 0.4) is 0 Å². The Kier molecular flexibility index (Phi) is 4.90. The molecule has 0 unspecified atom stereocenters. The van der Waals surface area contributed by atoms with Crippen molar-refractivity contribution in [2.45, 2.75) is 13.3 Å². The molecule has 6 nitrogen and oxygen atoms in total. The van der Waals surface area contributed by atoms with Gasteiger partial charge in [-0.25, -0.2) is 0 Å². The summed E-state index contributed by atoms with van der Waals surface area (Å²) in [4.78, 5) is 32.2. The smallest absolute Gasteiger partial charge is 0.258 e. The molecule has 25 heavy (non-hydrogen) atoms. The zero-order valence-corrected chi connectivity index (χ0v) is 14.1. The zero-order valence-electron chi connectivity index (χ0n) is 14.1. The Bertz CT molecular complexity index is 979. The number of carbonyl (C=O) groups is 1. The number of amides is 1. The number of aryl methyl sites for hydroxylation is 1. The topological polar surface area (TPSA) is 84.1 Å². The predicted molar refractivity (Wildman–Crippen MR) is 95.7 cm³/mol. The van der Waals surface area contributed by atoms with Gasteiger partial charge in [-0.2, -0.15) is 0 Å². The van der Waals surface area contributed by atoms with Crippen molar-refractivity contribution in [2.75, 3.05) is 13.8 Å². The molecule has 0 aliphatic carbocycles. The Morgan fingerprint density at radius 2 is 2.12 bits per heavy atom. The van der Waals surface area contributed by atoms with E-state index in [9.17, 15) is 9.59 Å². The van der Waals surface area contributed by atoms with Crippen LogP contribution in [-0.4, -0.2) is 29.7 Å². The largest absolute Gasteiger partial charge is 0.364 e. The first-order valence-electron chi connectivity index (χ1n) is 7.92. The van der Waals surface area contributed by atoms with E-state index in [0.29, 0.717) is 17.3 Å². The lowest BCUT2D eigenvalue weighted by Gasteiger charge is -2.07. The summed E-state index contributed by atoms with van der Waals surface area (Å²) in [5.74, 6) is -0.462. The van der Waals surface area contributed by atoms with E-state index in [1.54, 1.807) is 0 Å². The van der Waals surface area contributed by atoms with E-state index in [0.717, 1.165) is 17.0 Å². The molecule has 0 bridgehead atoms. The fraction of sp³-hybridized carbons (Fsp3) is 0.211. The molecule has 2 N–H and O–H groups in total. The van der Waals surface area contributed by atoms with Crippen molar-refractivity contribution in [1.82, 2.24) is 15.3 Å². The minimum absolute atomic E-state index is 0.0510. The number of carbonyl (C=O) groups excluding carboxylic acids is 1. The maximum atomic E-state index is 12.7. The molecule has 128 valence electrons. The molecule has 6 heteroatoms. The van der Waals surface area contributed by atoms with Gasteiger partial charge in [0.1, 0.15) is 12.3 Å². The van der Waals surface area contributed by atoms with Crippen LogP contribution in [0.1, 0.15) is 27.3 Å². The molecule has 0 saturated heterocycles. The number of nitrogens with zero attached hydrogens (tertiary/aromatic N) is 1. The first kappa shape index (κ1) is 16.9. The van der Waals surface area contributed by atoms with Crippen LogP contribution in [0.5, 0.6) is 0 Å². The van der Waals surface area contributed by atoms with Crippen LogP contribution in [0.2, 0.25) is 0 Å². The lowest BCUT2D eigenvalue weighted by Crippen LogP contribution is -2.30. The van der Waals surface area contributed by atoms with Crippen LogP contribution < -0.4 is 10.7 Å². The van der Waals surface area contributed by atoms with Gasteiger partial charge in [0.2, 0.25) is 5.43 Å². The van der Waals surface area contributed by atoms with E-state index in [1.807, 2.05) is 43.3 Å². The van der Waals surface area contributed by atoms with Gasteiger partial charge in [0.05, 0.1) is 0 Å². The minimum atomic E-state index is -0.462. The van der Waals surface area contributed by atoms with Gasteiger partial charge in [-0.3, -0.25) is 14.6 Å². The fourth-order valence-corrected chi connectivity index (χ4v) is 2.68. The SMILES string of the molecule is COCNC(=O)c1c[nH]c2ccc(Cc3cccc(C)n3)cc2c1=O. The van der Waals surface area contributed by atoms with E-state index >= 15 is 0 Å². The third kappa shape index (κ3) is 3.75. The number of aromatic nitrogens is 2. The number of rotatable bonds is 5. The zero-order chi connectivity index (χ0) is 17.8. The molecule has 3 rings (SSSR count). The van der Waals surface area contributed by atoms with Gasteiger partial charge in [0.15, 0.2) is 0 Å². The average molecular weight is 337 g/mol. The molecule has 0 fully saturated rings. The number of H-pyrrole nitrogens is 1. The predicted octanol–water partition coefficient (Wildman–Crippen LogP) is 2.16. The standard InChI is InChI=1S/C19H19N3O3/c1-12-4-3-5-14(22-12)8-13-6-7-17-15(9-13)18(23)16(10-20-17)19(24)21-11-25-2/h3-7,9-10H,8,11H2,1-2H3,(H,20,23)(H,21,24). The molecule has 0 atom stereocenters. The van der Waals surface area contributed by atoms with Crippen LogP contribution in [0.4, 0.5) is 0 Å². The quantitative estimate of drug-likeness (QED) is 0.699. The van der Waals surface area contributed by atoms with Crippen LogP contribution in [0, 0.1) is 6.92 Å². The molecular weight excluding hydrogens is 318 g/mol. The molecule has 1 aromatic carbocycles. The van der Waals surface area contributed by atoms with Gasteiger partial charge < -0.3 is 15.0 Å². The Hall–Kier alpha value is -2.99. The first-order valence-corrected chi connectivity index (χ1v) is 7.92. The number of ether oxygens (including phenoxy) is 1. The van der Waals surface area contributed by atoms with Gasteiger partial charge in [0, 0.05) is 42.0 Å². The summed E-state index contributed by atoms with van der Waals surface area (Å²) in [5, 5.41) is 3.01. The van der Waals surface area contributed by atoms with E-state index in [1.165, 1.54) is 13.3 Å². The van der Waals surface area contributed by atoms with Crippen molar-refractivity contribution in [3.63, 3.8) is 0 Å². The Morgan fingerprint density at radius 1 is 1.28 bits per heavy atom. The van der Waals surface area contributed by atoms with E-state index in [-0.39, 0.29) is 17.7 Å². The molecule has 0 saturated carbocycles. The van der Waals surface area contributed by atoms with Gasteiger partial charge in [-0.1, -0.05) is 12.1 Å².